The van der Waals surface area contributed by atoms with Crippen molar-refractivity contribution in [2.24, 2.45) is 17.8 Å². The molecular weight excluding hydrogens is 250 g/mol. The summed E-state index contributed by atoms with van der Waals surface area (Å²) in [6, 6.07) is 0.315. The van der Waals surface area contributed by atoms with Crippen molar-refractivity contribution in [1.29, 1.82) is 0 Å². The van der Waals surface area contributed by atoms with Gasteiger partial charge in [-0.1, -0.05) is 24.4 Å². The maximum atomic E-state index is 5.53. The lowest BCUT2D eigenvalue weighted by atomic mass is 9.86. The van der Waals surface area contributed by atoms with Crippen LogP contribution in [0.25, 0.3) is 0 Å². The van der Waals surface area contributed by atoms with Crippen molar-refractivity contribution in [1.82, 2.24) is 15.5 Å². The molecule has 1 aromatic heterocycles. The van der Waals surface area contributed by atoms with Crippen molar-refractivity contribution in [3.8, 4) is 0 Å². The molecule has 20 heavy (non-hydrogen) atoms. The summed E-state index contributed by atoms with van der Waals surface area (Å²) in [5.41, 5.74) is 0. The first-order valence-electron chi connectivity index (χ1n) is 8.44. The number of nitrogens with one attached hydrogen (secondary N) is 1. The van der Waals surface area contributed by atoms with E-state index < -0.39 is 0 Å². The third-order valence-electron chi connectivity index (χ3n) is 5.68. The molecule has 4 atom stereocenters. The predicted octanol–water partition coefficient (Wildman–Crippen LogP) is 3.25. The maximum Gasteiger partial charge on any atom is 0.226 e. The lowest BCUT2D eigenvalue weighted by Crippen LogP contribution is -2.21. The Kier molecular flexibility index (Phi) is 3.51. The van der Waals surface area contributed by atoms with Gasteiger partial charge in [-0.2, -0.15) is 4.98 Å². The lowest BCUT2D eigenvalue weighted by Gasteiger charge is -2.19. The Labute approximate surface area is 120 Å². The first kappa shape index (κ1) is 12.8. The maximum absolute atomic E-state index is 5.53. The van der Waals surface area contributed by atoms with Crippen LogP contribution in [0.1, 0.15) is 69.1 Å². The highest BCUT2D eigenvalue weighted by Crippen LogP contribution is 2.49. The summed E-state index contributed by atoms with van der Waals surface area (Å²) in [5, 5.41) is 7.78. The monoisotopic (exact) mass is 275 g/mol. The van der Waals surface area contributed by atoms with E-state index in [0.717, 1.165) is 48.9 Å². The molecule has 2 bridgehead atoms. The van der Waals surface area contributed by atoms with E-state index in [0.29, 0.717) is 6.04 Å². The molecule has 4 unspecified atom stereocenters. The van der Waals surface area contributed by atoms with Gasteiger partial charge in [0.05, 0.1) is 6.04 Å². The van der Waals surface area contributed by atoms with Crippen LogP contribution in [0, 0.1) is 17.8 Å². The van der Waals surface area contributed by atoms with E-state index in [1.165, 1.54) is 44.9 Å². The number of hydrogen-bond acceptors (Lipinski definition) is 4. The Bertz CT molecular complexity index is 450. The summed E-state index contributed by atoms with van der Waals surface area (Å²) >= 11 is 0. The Morgan fingerprint density at radius 2 is 2.10 bits per heavy atom. The van der Waals surface area contributed by atoms with Gasteiger partial charge in [-0.25, -0.2) is 0 Å². The SMILES string of the molecule is C1CCNC(c2noc(CC3CC4CCC3C4)n2)CC1. The van der Waals surface area contributed by atoms with Gasteiger partial charge < -0.3 is 9.84 Å². The van der Waals surface area contributed by atoms with E-state index in [4.69, 9.17) is 4.52 Å². The van der Waals surface area contributed by atoms with Crippen LogP contribution >= 0.6 is 0 Å². The quantitative estimate of drug-likeness (QED) is 0.920. The summed E-state index contributed by atoms with van der Waals surface area (Å²) in [4.78, 5) is 4.68. The summed E-state index contributed by atoms with van der Waals surface area (Å²) < 4.78 is 5.53. The molecule has 2 heterocycles. The number of nitrogens with zero attached hydrogens (tertiary/aromatic N) is 2. The fourth-order valence-corrected chi connectivity index (χ4v) is 4.59. The van der Waals surface area contributed by atoms with E-state index in [2.05, 4.69) is 15.5 Å². The zero-order valence-electron chi connectivity index (χ0n) is 12.2. The molecule has 2 saturated carbocycles. The number of hydrogen-bond donors (Lipinski definition) is 1. The van der Waals surface area contributed by atoms with Gasteiger partial charge in [-0.05, 0) is 56.4 Å². The second kappa shape index (κ2) is 5.47. The fraction of sp³-hybridized carbons (Fsp3) is 0.875. The van der Waals surface area contributed by atoms with Crippen LogP contribution in [0.3, 0.4) is 0 Å². The second-order valence-electron chi connectivity index (χ2n) is 7.04. The third kappa shape index (κ3) is 2.50. The van der Waals surface area contributed by atoms with Crippen molar-refractivity contribution in [2.45, 2.75) is 63.8 Å². The molecule has 110 valence electrons. The Hall–Kier alpha value is -0.900. The van der Waals surface area contributed by atoms with Gasteiger partial charge in [0.1, 0.15) is 0 Å². The molecule has 1 aliphatic heterocycles. The normalized spacial score (nSPS) is 37.2. The largest absolute Gasteiger partial charge is 0.339 e. The second-order valence-corrected chi connectivity index (χ2v) is 7.04. The zero-order chi connectivity index (χ0) is 13.4. The van der Waals surface area contributed by atoms with Crippen LogP contribution < -0.4 is 5.32 Å². The Morgan fingerprint density at radius 1 is 1.10 bits per heavy atom. The standard InChI is InChI=1S/C16H25N3O/c1-2-4-14(17-7-3-1)16-18-15(20-19-16)10-13-9-11-5-6-12(13)8-11/h11-14,17H,1-10H2. The van der Waals surface area contributed by atoms with Crippen molar-refractivity contribution in [3.63, 3.8) is 0 Å². The fourth-order valence-electron chi connectivity index (χ4n) is 4.59. The minimum atomic E-state index is 0.315. The summed E-state index contributed by atoms with van der Waals surface area (Å²) in [6.07, 6.45) is 11.8. The molecule has 1 saturated heterocycles. The van der Waals surface area contributed by atoms with E-state index >= 15 is 0 Å². The minimum absolute atomic E-state index is 0.315. The summed E-state index contributed by atoms with van der Waals surface area (Å²) in [6.45, 7) is 1.08. The molecule has 2 aliphatic carbocycles. The molecule has 3 fully saturated rings. The number of rotatable bonds is 3. The van der Waals surface area contributed by atoms with Crippen LogP contribution in [-0.2, 0) is 6.42 Å². The molecule has 0 aromatic carbocycles. The van der Waals surface area contributed by atoms with Gasteiger partial charge in [-0.3, -0.25) is 0 Å². The number of aromatic nitrogens is 2. The average Bonchev–Trinajstić information content (AvgIpc) is 3.13. The first-order valence-corrected chi connectivity index (χ1v) is 8.44. The van der Waals surface area contributed by atoms with Gasteiger partial charge in [0.15, 0.2) is 5.82 Å². The van der Waals surface area contributed by atoms with Crippen LogP contribution in [0.4, 0.5) is 0 Å². The summed E-state index contributed by atoms with van der Waals surface area (Å²) in [7, 11) is 0. The van der Waals surface area contributed by atoms with Gasteiger partial charge in [0.2, 0.25) is 5.89 Å². The molecule has 0 amide bonds. The van der Waals surface area contributed by atoms with Crippen molar-refractivity contribution in [3.05, 3.63) is 11.7 Å². The molecule has 4 nitrogen and oxygen atoms in total. The van der Waals surface area contributed by atoms with Gasteiger partial charge in [0, 0.05) is 6.42 Å². The highest BCUT2D eigenvalue weighted by atomic mass is 16.5. The smallest absolute Gasteiger partial charge is 0.226 e. The van der Waals surface area contributed by atoms with E-state index in [9.17, 15) is 0 Å². The van der Waals surface area contributed by atoms with Crippen LogP contribution in [0.5, 0.6) is 0 Å². The number of fused-ring (bicyclic) bond motifs is 2. The lowest BCUT2D eigenvalue weighted by molar-refractivity contribution is 0.287. The average molecular weight is 275 g/mol. The molecular formula is C16H25N3O. The molecule has 0 spiro atoms. The molecule has 4 rings (SSSR count). The highest BCUT2D eigenvalue weighted by molar-refractivity contribution is 4.99. The third-order valence-corrected chi connectivity index (χ3v) is 5.68. The topological polar surface area (TPSA) is 51.0 Å². The van der Waals surface area contributed by atoms with Crippen LogP contribution in [0.2, 0.25) is 0 Å². The summed E-state index contributed by atoms with van der Waals surface area (Å²) in [5.74, 6) is 4.51. The van der Waals surface area contributed by atoms with Gasteiger partial charge in [0.25, 0.3) is 0 Å². The highest BCUT2D eigenvalue weighted by Gasteiger charge is 2.40. The van der Waals surface area contributed by atoms with E-state index in [-0.39, 0.29) is 0 Å². The molecule has 4 heteroatoms. The predicted molar refractivity (Wildman–Crippen MR) is 76.2 cm³/mol. The minimum Gasteiger partial charge on any atom is -0.339 e. The van der Waals surface area contributed by atoms with Crippen molar-refractivity contribution in [2.75, 3.05) is 6.54 Å². The van der Waals surface area contributed by atoms with Gasteiger partial charge >= 0.3 is 0 Å². The molecule has 1 aromatic rings. The molecule has 3 aliphatic rings. The van der Waals surface area contributed by atoms with Gasteiger partial charge in [-0.15, -0.1) is 0 Å². The van der Waals surface area contributed by atoms with Crippen LogP contribution in [0.15, 0.2) is 4.52 Å². The van der Waals surface area contributed by atoms with Crippen molar-refractivity contribution >= 4 is 0 Å². The zero-order valence-corrected chi connectivity index (χ0v) is 12.2. The molecule has 1 N–H and O–H groups in total. The van der Waals surface area contributed by atoms with Crippen LogP contribution in [-0.4, -0.2) is 16.7 Å². The van der Waals surface area contributed by atoms with Crippen molar-refractivity contribution < 1.29 is 4.52 Å². The van der Waals surface area contributed by atoms with E-state index in [1.54, 1.807) is 0 Å². The molecule has 0 radical (unpaired) electrons. The first-order chi connectivity index (χ1) is 9.88. The van der Waals surface area contributed by atoms with E-state index in [1.807, 2.05) is 0 Å². The Morgan fingerprint density at radius 3 is 2.95 bits per heavy atom. The Balaban J connectivity index is 1.40.